The summed E-state index contributed by atoms with van der Waals surface area (Å²) < 4.78 is 0. The van der Waals surface area contributed by atoms with Crippen LogP contribution >= 0.6 is 0 Å². The standard InChI is InChI=1S/C13H22O/c1-2-5-13(14)10-8-12(9-11-13)6-3-4-7-12/h2,14H,1,3-11H2. The van der Waals surface area contributed by atoms with Crippen molar-refractivity contribution in [3.8, 4) is 0 Å². The fourth-order valence-electron chi connectivity index (χ4n) is 3.34. The molecule has 0 aromatic rings. The Morgan fingerprint density at radius 2 is 1.57 bits per heavy atom. The molecule has 0 amide bonds. The van der Waals surface area contributed by atoms with Crippen LogP contribution in [0.1, 0.15) is 57.8 Å². The Balaban J connectivity index is 1.93. The highest BCUT2D eigenvalue weighted by Gasteiger charge is 2.42. The summed E-state index contributed by atoms with van der Waals surface area (Å²) in [4.78, 5) is 0. The molecule has 1 spiro atoms. The Hall–Kier alpha value is -0.300. The Morgan fingerprint density at radius 3 is 2.07 bits per heavy atom. The lowest BCUT2D eigenvalue weighted by Gasteiger charge is -2.41. The molecule has 0 unspecified atom stereocenters. The first kappa shape index (κ1) is 10.2. The van der Waals surface area contributed by atoms with Gasteiger partial charge in [0.05, 0.1) is 5.60 Å². The van der Waals surface area contributed by atoms with E-state index in [1.165, 1.54) is 38.5 Å². The lowest BCUT2D eigenvalue weighted by molar-refractivity contribution is -0.0301. The van der Waals surface area contributed by atoms with Crippen LogP contribution in [-0.2, 0) is 0 Å². The molecule has 0 atom stereocenters. The van der Waals surface area contributed by atoms with Crippen LogP contribution in [0.3, 0.4) is 0 Å². The smallest absolute Gasteiger partial charge is 0.0682 e. The lowest BCUT2D eigenvalue weighted by Crippen LogP contribution is -2.37. The largest absolute Gasteiger partial charge is 0.390 e. The predicted octanol–water partition coefficient (Wildman–Crippen LogP) is 3.43. The van der Waals surface area contributed by atoms with Crippen LogP contribution in [0.5, 0.6) is 0 Å². The SMILES string of the molecule is C=CCC1(O)CCC2(CCCC2)CC1. The third kappa shape index (κ3) is 1.88. The molecule has 0 saturated heterocycles. The van der Waals surface area contributed by atoms with Gasteiger partial charge in [-0.05, 0) is 50.4 Å². The van der Waals surface area contributed by atoms with Crippen LogP contribution in [0.15, 0.2) is 12.7 Å². The molecule has 2 rings (SSSR count). The van der Waals surface area contributed by atoms with E-state index in [0.717, 1.165) is 19.3 Å². The highest BCUT2D eigenvalue weighted by atomic mass is 16.3. The van der Waals surface area contributed by atoms with Gasteiger partial charge >= 0.3 is 0 Å². The van der Waals surface area contributed by atoms with Crippen LogP contribution in [0, 0.1) is 5.41 Å². The Bertz CT molecular complexity index is 203. The Labute approximate surface area is 87.2 Å². The zero-order valence-corrected chi connectivity index (χ0v) is 9.10. The number of rotatable bonds is 2. The van der Waals surface area contributed by atoms with Crippen molar-refractivity contribution in [3.63, 3.8) is 0 Å². The van der Waals surface area contributed by atoms with Gasteiger partial charge in [-0.25, -0.2) is 0 Å². The predicted molar refractivity (Wildman–Crippen MR) is 59.1 cm³/mol. The van der Waals surface area contributed by atoms with Gasteiger partial charge < -0.3 is 5.11 Å². The minimum absolute atomic E-state index is 0.407. The molecule has 0 heterocycles. The minimum Gasteiger partial charge on any atom is -0.390 e. The molecule has 80 valence electrons. The molecule has 2 aliphatic carbocycles. The summed E-state index contributed by atoms with van der Waals surface area (Å²) >= 11 is 0. The topological polar surface area (TPSA) is 20.2 Å². The maximum atomic E-state index is 10.2. The molecule has 0 aliphatic heterocycles. The van der Waals surface area contributed by atoms with Crippen molar-refractivity contribution in [2.24, 2.45) is 5.41 Å². The fourth-order valence-corrected chi connectivity index (χ4v) is 3.34. The van der Waals surface area contributed by atoms with Crippen molar-refractivity contribution in [1.82, 2.24) is 0 Å². The summed E-state index contributed by atoms with van der Waals surface area (Å²) in [5, 5.41) is 10.2. The first-order valence-corrected chi connectivity index (χ1v) is 6.01. The molecule has 2 saturated carbocycles. The van der Waals surface area contributed by atoms with E-state index < -0.39 is 5.60 Å². The van der Waals surface area contributed by atoms with Gasteiger partial charge in [-0.3, -0.25) is 0 Å². The molecular formula is C13H22O. The average molecular weight is 194 g/mol. The summed E-state index contributed by atoms with van der Waals surface area (Å²) in [6, 6.07) is 0. The second-order valence-corrected chi connectivity index (χ2v) is 5.42. The van der Waals surface area contributed by atoms with E-state index in [-0.39, 0.29) is 0 Å². The number of hydrogen-bond donors (Lipinski definition) is 1. The van der Waals surface area contributed by atoms with Crippen LogP contribution in [0.25, 0.3) is 0 Å². The van der Waals surface area contributed by atoms with E-state index in [1.807, 2.05) is 6.08 Å². The Kier molecular flexibility index (Phi) is 2.70. The van der Waals surface area contributed by atoms with Crippen molar-refractivity contribution < 1.29 is 5.11 Å². The molecule has 2 fully saturated rings. The number of aliphatic hydroxyl groups is 1. The molecule has 0 radical (unpaired) electrons. The molecule has 14 heavy (non-hydrogen) atoms. The van der Waals surface area contributed by atoms with Gasteiger partial charge in [0.1, 0.15) is 0 Å². The second kappa shape index (κ2) is 3.69. The summed E-state index contributed by atoms with van der Waals surface area (Å²) in [6.07, 6.45) is 12.8. The van der Waals surface area contributed by atoms with Gasteiger partial charge in [0.2, 0.25) is 0 Å². The van der Waals surface area contributed by atoms with Crippen molar-refractivity contribution in [1.29, 1.82) is 0 Å². The van der Waals surface area contributed by atoms with Gasteiger partial charge in [0.25, 0.3) is 0 Å². The second-order valence-electron chi connectivity index (χ2n) is 5.42. The highest BCUT2D eigenvalue weighted by molar-refractivity contribution is 4.97. The van der Waals surface area contributed by atoms with Crippen LogP contribution in [0.2, 0.25) is 0 Å². The van der Waals surface area contributed by atoms with Gasteiger partial charge in [0, 0.05) is 0 Å². The van der Waals surface area contributed by atoms with E-state index in [1.54, 1.807) is 0 Å². The molecule has 1 nitrogen and oxygen atoms in total. The van der Waals surface area contributed by atoms with E-state index in [0.29, 0.717) is 5.41 Å². The first-order valence-electron chi connectivity index (χ1n) is 6.01. The maximum Gasteiger partial charge on any atom is 0.0682 e. The molecule has 2 aliphatic rings. The summed E-state index contributed by atoms with van der Waals surface area (Å²) in [6.45, 7) is 3.73. The zero-order valence-electron chi connectivity index (χ0n) is 9.10. The molecule has 1 N–H and O–H groups in total. The average Bonchev–Trinajstić information content (AvgIpc) is 2.61. The van der Waals surface area contributed by atoms with Crippen LogP contribution in [-0.4, -0.2) is 10.7 Å². The normalized spacial score (nSPS) is 29.2. The van der Waals surface area contributed by atoms with Crippen molar-refractivity contribution >= 4 is 0 Å². The van der Waals surface area contributed by atoms with Gasteiger partial charge in [0.15, 0.2) is 0 Å². The van der Waals surface area contributed by atoms with Crippen LogP contribution < -0.4 is 0 Å². The first-order chi connectivity index (χ1) is 6.68. The fraction of sp³-hybridized carbons (Fsp3) is 0.846. The monoisotopic (exact) mass is 194 g/mol. The maximum absolute atomic E-state index is 10.2. The lowest BCUT2D eigenvalue weighted by atomic mass is 9.67. The van der Waals surface area contributed by atoms with Gasteiger partial charge in [-0.1, -0.05) is 18.9 Å². The minimum atomic E-state index is -0.407. The van der Waals surface area contributed by atoms with E-state index in [9.17, 15) is 5.11 Å². The van der Waals surface area contributed by atoms with E-state index in [4.69, 9.17) is 0 Å². The molecular weight excluding hydrogens is 172 g/mol. The molecule has 0 aromatic heterocycles. The number of hydrogen-bond acceptors (Lipinski definition) is 1. The molecule has 1 heteroatoms. The third-order valence-corrected chi connectivity index (χ3v) is 4.43. The third-order valence-electron chi connectivity index (χ3n) is 4.43. The zero-order chi connectivity index (χ0) is 10.1. The van der Waals surface area contributed by atoms with Crippen molar-refractivity contribution in [2.75, 3.05) is 0 Å². The summed E-state index contributed by atoms with van der Waals surface area (Å²) in [7, 11) is 0. The van der Waals surface area contributed by atoms with Crippen molar-refractivity contribution in [3.05, 3.63) is 12.7 Å². The highest BCUT2D eigenvalue weighted by Crippen LogP contribution is 2.51. The summed E-state index contributed by atoms with van der Waals surface area (Å²) in [5.74, 6) is 0. The Morgan fingerprint density at radius 1 is 1.00 bits per heavy atom. The van der Waals surface area contributed by atoms with Gasteiger partial charge in [-0.15, -0.1) is 6.58 Å². The van der Waals surface area contributed by atoms with E-state index in [2.05, 4.69) is 6.58 Å². The molecule has 0 aromatic carbocycles. The quantitative estimate of drug-likeness (QED) is 0.668. The molecule has 0 bridgehead atoms. The van der Waals surface area contributed by atoms with Gasteiger partial charge in [-0.2, -0.15) is 0 Å². The summed E-state index contributed by atoms with van der Waals surface area (Å²) in [5.41, 5.74) is 0.225. The van der Waals surface area contributed by atoms with Crippen LogP contribution in [0.4, 0.5) is 0 Å². The van der Waals surface area contributed by atoms with E-state index >= 15 is 0 Å². The van der Waals surface area contributed by atoms with Crippen molar-refractivity contribution in [2.45, 2.75) is 63.4 Å².